The molecule has 0 unspecified atom stereocenters. The topological polar surface area (TPSA) is 85.1 Å². The summed E-state index contributed by atoms with van der Waals surface area (Å²) < 4.78 is 0. The second kappa shape index (κ2) is 6.07. The molecule has 21 heavy (non-hydrogen) atoms. The van der Waals surface area contributed by atoms with Gasteiger partial charge in [-0.2, -0.15) is 0 Å². The highest BCUT2D eigenvalue weighted by Gasteiger charge is 2.18. The fraction of sp³-hybridized carbons (Fsp3) is 0.0769. The minimum atomic E-state index is -0.599. The predicted molar refractivity (Wildman–Crippen MR) is 80.0 cm³/mol. The zero-order valence-corrected chi connectivity index (χ0v) is 12.3. The lowest BCUT2D eigenvalue weighted by Crippen LogP contribution is -2.14. The van der Waals surface area contributed by atoms with E-state index in [4.69, 9.17) is 23.2 Å². The molecule has 0 aliphatic heterocycles. The van der Waals surface area contributed by atoms with Crippen molar-refractivity contribution in [3.63, 3.8) is 0 Å². The number of halogens is 2. The third-order valence-electron chi connectivity index (χ3n) is 2.66. The first-order valence-corrected chi connectivity index (χ1v) is 6.51. The molecule has 0 atom stereocenters. The minimum Gasteiger partial charge on any atom is -0.316 e. The van der Waals surface area contributed by atoms with Crippen LogP contribution in [0.4, 0.5) is 11.4 Å². The van der Waals surface area contributed by atoms with Crippen molar-refractivity contribution in [3.05, 3.63) is 61.9 Å². The average molecular weight is 326 g/mol. The van der Waals surface area contributed by atoms with Crippen molar-refractivity contribution in [1.82, 2.24) is 4.98 Å². The Bertz CT molecular complexity index is 735. The molecule has 0 aliphatic rings. The first-order chi connectivity index (χ1) is 9.88. The highest BCUT2D eigenvalue weighted by atomic mass is 35.5. The number of nitrogens with zero attached hydrogens (tertiary/aromatic N) is 2. The first kappa shape index (κ1) is 15.2. The predicted octanol–water partition coefficient (Wildman–Crippen LogP) is 3.86. The summed E-state index contributed by atoms with van der Waals surface area (Å²) in [5, 5.41) is 13.6. The van der Waals surface area contributed by atoms with Gasteiger partial charge < -0.3 is 5.32 Å². The van der Waals surface area contributed by atoms with Gasteiger partial charge in [0.15, 0.2) is 0 Å². The molecular formula is C13H9Cl2N3O3. The molecule has 0 saturated carbocycles. The molecule has 1 heterocycles. The number of nitrogens with one attached hydrogen (secondary N) is 1. The number of anilines is 1. The van der Waals surface area contributed by atoms with Crippen molar-refractivity contribution in [3.8, 4) is 0 Å². The maximum Gasteiger partial charge on any atom is 0.292 e. The molecule has 2 aromatic rings. The van der Waals surface area contributed by atoms with Crippen molar-refractivity contribution in [2.75, 3.05) is 5.32 Å². The molecule has 1 amide bonds. The molecule has 0 fully saturated rings. The van der Waals surface area contributed by atoms with Crippen LogP contribution in [-0.2, 0) is 0 Å². The van der Waals surface area contributed by atoms with E-state index in [9.17, 15) is 14.9 Å². The van der Waals surface area contributed by atoms with Gasteiger partial charge in [0.1, 0.15) is 10.8 Å². The van der Waals surface area contributed by atoms with Crippen LogP contribution in [0.15, 0.2) is 30.5 Å². The number of amides is 1. The summed E-state index contributed by atoms with van der Waals surface area (Å²) in [4.78, 5) is 26.3. The van der Waals surface area contributed by atoms with Gasteiger partial charge in [0.05, 0.1) is 15.5 Å². The Balaban J connectivity index is 2.38. The molecule has 108 valence electrons. The number of benzene rings is 1. The van der Waals surface area contributed by atoms with Crippen LogP contribution in [0.1, 0.15) is 15.9 Å². The average Bonchev–Trinajstić information content (AvgIpc) is 2.41. The summed E-state index contributed by atoms with van der Waals surface area (Å²) in [6.45, 7) is 1.76. The fourth-order valence-corrected chi connectivity index (χ4v) is 2.03. The summed E-state index contributed by atoms with van der Waals surface area (Å²) in [5.41, 5.74) is 0.751. The number of nitro groups is 1. The third-order valence-corrected chi connectivity index (χ3v) is 3.17. The normalized spacial score (nSPS) is 10.2. The lowest BCUT2D eigenvalue weighted by Gasteiger charge is -2.08. The Morgan fingerprint density at radius 2 is 2.05 bits per heavy atom. The standard InChI is InChI=1S/C13H9Cl2N3O3/c1-7-2-3-11(18(20)21)10(4-7)17-13(19)8-5-12(15)16-6-9(8)14/h2-6H,1H3,(H,17,19). The molecule has 6 nitrogen and oxygen atoms in total. The van der Waals surface area contributed by atoms with E-state index in [0.717, 1.165) is 5.56 Å². The van der Waals surface area contributed by atoms with Crippen molar-refractivity contribution in [1.29, 1.82) is 0 Å². The molecule has 0 aliphatic carbocycles. The largest absolute Gasteiger partial charge is 0.316 e. The highest BCUT2D eigenvalue weighted by Crippen LogP contribution is 2.27. The first-order valence-electron chi connectivity index (χ1n) is 5.76. The Labute approximate surface area is 129 Å². The third kappa shape index (κ3) is 3.48. The number of hydrogen-bond acceptors (Lipinski definition) is 4. The van der Waals surface area contributed by atoms with Gasteiger partial charge >= 0.3 is 0 Å². The molecule has 1 aromatic heterocycles. The molecule has 2 rings (SSSR count). The zero-order chi connectivity index (χ0) is 15.6. The molecule has 1 N–H and O–H groups in total. The van der Waals surface area contributed by atoms with Gasteiger partial charge in [0, 0.05) is 12.3 Å². The molecular weight excluding hydrogens is 317 g/mol. The molecule has 0 spiro atoms. The van der Waals surface area contributed by atoms with Crippen molar-refractivity contribution in [2.24, 2.45) is 0 Å². The van der Waals surface area contributed by atoms with Gasteiger partial charge in [-0.3, -0.25) is 14.9 Å². The molecule has 1 aromatic carbocycles. The molecule has 0 bridgehead atoms. The molecule has 0 saturated heterocycles. The van der Waals surface area contributed by atoms with Gasteiger partial charge in [0.2, 0.25) is 0 Å². The lowest BCUT2D eigenvalue weighted by molar-refractivity contribution is -0.383. The lowest BCUT2D eigenvalue weighted by atomic mass is 10.1. The molecule has 8 heteroatoms. The Hall–Kier alpha value is -2.18. The van der Waals surface area contributed by atoms with E-state index < -0.39 is 10.8 Å². The number of hydrogen-bond donors (Lipinski definition) is 1. The van der Waals surface area contributed by atoms with Gasteiger partial charge in [-0.05, 0) is 24.6 Å². The van der Waals surface area contributed by atoms with E-state index in [-0.39, 0.29) is 27.1 Å². The van der Waals surface area contributed by atoms with Crippen LogP contribution < -0.4 is 5.32 Å². The number of rotatable bonds is 3. The van der Waals surface area contributed by atoms with E-state index in [2.05, 4.69) is 10.3 Å². The van der Waals surface area contributed by atoms with Crippen LogP contribution in [0, 0.1) is 17.0 Å². The van der Waals surface area contributed by atoms with E-state index >= 15 is 0 Å². The second-order valence-corrected chi connectivity index (χ2v) is 5.01. The van der Waals surface area contributed by atoms with Crippen molar-refractivity contribution in [2.45, 2.75) is 6.92 Å². The van der Waals surface area contributed by atoms with E-state index in [0.29, 0.717) is 0 Å². The summed E-state index contributed by atoms with van der Waals surface area (Å²) in [6, 6.07) is 5.71. The monoisotopic (exact) mass is 325 g/mol. The highest BCUT2D eigenvalue weighted by molar-refractivity contribution is 6.35. The summed E-state index contributed by atoms with van der Waals surface area (Å²) in [6.07, 6.45) is 1.24. The number of aromatic nitrogens is 1. The van der Waals surface area contributed by atoms with Crippen LogP contribution in [0.25, 0.3) is 0 Å². The van der Waals surface area contributed by atoms with Gasteiger partial charge in [0.25, 0.3) is 11.6 Å². The van der Waals surface area contributed by atoms with E-state index in [1.807, 2.05) is 0 Å². The number of pyridine rings is 1. The van der Waals surface area contributed by atoms with E-state index in [1.54, 1.807) is 13.0 Å². The van der Waals surface area contributed by atoms with Crippen LogP contribution in [0.3, 0.4) is 0 Å². The zero-order valence-electron chi connectivity index (χ0n) is 10.8. The van der Waals surface area contributed by atoms with Gasteiger partial charge in [-0.15, -0.1) is 0 Å². The molecule has 0 radical (unpaired) electrons. The second-order valence-electron chi connectivity index (χ2n) is 4.22. The minimum absolute atomic E-state index is 0.0903. The number of carbonyl (C=O) groups is 1. The van der Waals surface area contributed by atoms with Crippen LogP contribution >= 0.6 is 23.2 Å². The quantitative estimate of drug-likeness (QED) is 0.527. The van der Waals surface area contributed by atoms with E-state index in [1.165, 1.54) is 24.4 Å². The number of aryl methyl sites for hydroxylation is 1. The summed E-state index contributed by atoms with van der Waals surface area (Å²) in [5.74, 6) is -0.599. The maximum atomic E-state index is 12.2. The Morgan fingerprint density at radius 3 is 2.71 bits per heavy atom. The SMILES string of the molecule is Cc1ccc([N+](=O)[O-])c(NC(=O)c2cc(Cl)ncc2Cl)c1. The fourth-order valence-electron chi connectivity index (χ4n) is 1.69. The Kier molecular flexibility index (Phi) is 4.40. The van der Waals surface area contributed by atoms with Gasteiger partial charge in [-0.1, -0.05) is 29.3 Å². The van der Waals surface area contributed by atoms with Crippen LogP contribution in [-0.4, -0.2) is 15.8 Å². The number of carbonyl (C=O) groups excluding carboxylic acids is 1. The summed E-state index contributed by atoms with van der Waals surface area (Å²) in [7, 11) is 0. The van der Waals surface area contributed by atoms with Crippen LogP contribution in [0.2, 0.25) is 10.2 Å². The maximum absolute atomic E-state index is 12.2. The van der Waals surface area contributed by atoms with Crippen molar-refractivity contribution < 1.29 is 9.72 Å². The van der Waals surface area contributed by atoms with Gasteiger partial charge in [-0.25, -0.2) is 4.98 Å². The number of nitro benzene ring substituents is 1. The van der Waals surface area contributed by atoms with Crippen molar-refractivity contribution >= 4 is 40.5 Å². The Morgan fingerprint density at radius 1 is 1.33 bits per heavy atom. The van der Waals surface area contributed by atoms with Crippen LogP contribution in [0.5, 0.6) is 0 Å². The smallest absolute Gasteiger partial charge is 0.292 e. The summed E-state index contributed by atoms with van der Waals surface area (Å²) >= 11 is 11.6.